The quantitative estimate of drug-likeness (QED) is 0.640. The first-order chi connectivity index (χ1) is 13.2. The molecule has 7 heteroatoms. The molecule has 0 aliphatic carbocycles. The van der Waals surface area contributed by atoms with Crippen molar-refractivity contribution in [1.29, 1.82) is 0 Å². The van der Waals surface area contributed by atoms with Gasteiger partial charge in [-0.1, -0.05) is 36.4 Å². The Morgan fingerprint density at radius 1 is 1.11 bits per heavy atom. The summed E-state index contributed by atoms with van der Waals surface area (Å²) in [6.07, 6.45) is -3.35. The molecule has 1 saturated heterocycles. The molecule has 27 heavy (non-hydrogen) atoms. The van der Waals surface area contributed by atoms with Crippen LogP contribution in [0.1, 0.15) is 17.2 Å². The highest BCUT2D eigenvalue weighted by molar-refractivity contribution is 5.89. The molecule has 1 aliphatic rings. The van der Waals surface area contributed by atoms with Crippen molar-refractivity contribution in [3.05, 3.63) is 66.0 Å². The molecule has 0 unspecified atom stereocenters. The highest BCUT2D eigenvalue weighted by Crippen LogP contribution is 2.37. The molecular weight excluding hydrogens is 349 g/mol. The second-order valence-corrected chi connectivity index (χ2v) is 6.55. The van der Waals surface area contributed by atoms with E-state index in [4.69, 9.17) is 4.74 Å². The first-order valence-electron chi connectivity index (χ1n) is 8.78. The Kier molecular flexibility index (Phi) is 4.98. The minimum atomic E-state index is -1.60. The zero-order valence-electron chi connectivity index (χ0n) is 14.5. The van der Waals surface area contributed by atoms with E-state index in [2.05, 4.69) is 15.3 Å². The van der Waals surface area contributed by atoms with Crippen LogP contribution in [0.5, 0.6) is 0 Å². The fourth-order valence-electron chi connectivity index (χ4n) is 3.32. The SMILES string of the molecule is OC[C@H]1O[C@@H](c2ccc3c(NCc4ccccc4)ncnc3c2)[C@@H](F)[C@@H]1O. The van der Waals surface area contributed by atoms with Crippen LogP contribution in [0, 0.1) is 0 Å². The molecule has 6 nitrogen and oxygen atoms in total. The molecule has 4 rings (SSSR count). The molecule has 1 fully saturated rings. The van der Waals surface area contributed by atoms with E-state index in [1.807, 2.05) is 36.4 Å². The summed E-state index contributed by atoms with van der Waals surface area (Å²) in [5.41, 5.74) is 2.35. The van der Waals surface area contributed by atoms with Gasteiger partial charge in [0, 0.05) is 11.9 Å². The number of aromatic nitrogens is 2. The molecule has 3 N–H and O–H groups in total. The van der Waals surface area contributed by atoms with Crippen LogP contribution in [-0.4, -0.2) is 45.2 Å². The number of ether oxygens (including phenoxy) is 1. The smallest absolute Gasteiger partial charge is 0.159 e. The second-order valence-electron chi connectivity index (χ2n) is 6.55. The number of nitrogens with zero attached hydrogens (tertiary/aromatic N) is 2. The van der Waals surface area contributed by atoms with Crippen LogP contribution >= 0.6 is 0 Å². The molecule has 1 aliphatic heterocycles. The van der Waals surface area contributed by atoms with Crippen LogP contribution in [0.4, 0.5) is 10.2 Å². The van der Waals surface area contributed by atoms with Gasteiger partial charge in [-0.05, 0) is 23.3 Å². The van der Waals surface area contributed by atoms with E-state index in [0.29, 0.717) is 23.4 Å². The van der Waals surface area contributed by atoms with Gasteiger partial charge in [0.15, 0.2) is 6.17 Å². The van der Waals surface area contributed by atoms with E-state index in [-0.39, 0.29) is 0 Å². The number of fused-ring (bicyclic) bond motifs is 1. The number of nitrogens with one attached hydrogen (secondary N) is 1. The number of halogens is 1. The Morgan fingerprint density at radius 3 is 2.67 bits per heavy atom. The second kappa shape index (κ2) is 7.56. The van der Waals surface area contributed by atoms with E-state index < -0.39 is 31.1 Å². The van der Waals surface area contributed by atoms with Gasteiger partial charge in [0.1, 0.15) is 30.5 Å². The Morgan fingerprint density at radius 2 is 1.93 bits per heavy atom. The van der Waals surface area contributed by atoms with Crippen molar-refractivity contribution in [1.82, 2.24) is 9.97 Å². The van der Waals surface area contributed by atoms with Gasteiger partial charge in [-0.2, -0.15) is 0 Å². The number of anilines is 1. The molecule has 0 amide bonds. The Bertz CT molecular complexity index is 925. The number of hydrogen-bond acceptors (Lipinski definition) is 6. The average molecular weight is 369 g/mol. The van der Waals surface area contributed by atoms with E-state index in [1.165, 1.54) is 6.33 Å². The maximum atomic E-state index is 14.4. The predicted molar refractivity (Wildman–Crippen MR) is 98.9 cm³/mol. The third-order valence-electron chi connectivity index (χ3n) is 4.79. The molecule has 140 valence electrons. The van der Waals surface area contributed by atoms with E-state index in [9.17, 15) is 14.6 Å². The van der Waals surface area contributed by atoms with E-state index in [1.54, 1.807) is 12.1 Å². The van der Waals surface area contributed by atoms with Gasteiger partial charge in [-0.25, -0.2) is 14.4 Å². The number of aliphatic hydroxyl groups is 2. The monoisotopic (exact) mass is 369 g/mol. The summed E-state index contributed by atoms with van der Waals surface area (Å²) in [5, 5.41) is 23.1. The molecule has 3 aromatic rings. The van der Waals surface area contributed by atoms with Crippen LogP contribution in [0.25, 0.3) is 10.9 Å². The van der Waals surface area contributed by atoms with Crippen molar-refractivity contribution in [3.8, 4) is 0 Å². The highest BCUT2D eigenvalue weighted by Gasteiger charge is 2.44. The average Bonchev–Trinajstić information content (AvgIpc) is 3.01. The number of alkyl halides is 1. The Labute approximate surface area is 155 Å². The van der Waals surface area contributed by atoms with Crippen molar-refractivity contribution in [2.75, 3.05) is 11.9 Å². The molecule has 1 aromatic heterocycles. The molecule has 0 radical (unpaired) electrons. The Balaban J connectivity index is 1.59. The normalized spacial score (nSPS) is 25.0. The number of hydrogen-bond donors (Lipinski definition) is 3. The summed E-state index contributed by atoms with van der Waals surface area (Å²) in [4.78, 5) is 8.57. The van der Waals surface area contributed by atoms with Crippen LogP contribution in [0.2, 0.25) is 0 Å². The van der Waals surface area contributed by atoms with Gasteiger partial charge in [-0.15, -0.1) is 0 Å². The van der Waals surface area contributed by atoms with Gasteiger partial charge in [0.25, 0.3) is 0 Å². The van der Waals surface area contributed by atoms with Crippen molar-refractivity contribution in [3.63, 3.8) is 0 Å². The van der Waals surface area contributed by atoms with Crippen molar-refractivity contribution >= 4 is 16.7 Å². The largest absolute Gasteiger partial charge is 0.394 e. The summed E-state index contributed by atoms with van der Waals surface area (Å²) >= 11 is 0. The third kappa shape index (κ3) is 3.49. The topological polar surface area (TPSA) is 87.5 Å². The lowest BCUT2D eigenvalue weighted by atomic mass is 10.0. The maximum Gasteiger partial charge on any atom is 0.159 e. The minimum Gasteiger partial charge on any atom is -0.394 e. The predicted octanol–water partition coefficient (Wildman–Crippen LogP) is 2.37. The van der Waals surface area contributed by atoms with Crippen molar-refractivity contribution in [2.24, 2.45) is 0 Å². The van der Waals surface area contributed by atoms with Gasteiger partial charge in [0.05, 0.1) is 12.1 Å². The van der Waals surface area contributed by atoms with Crippen molar-refractivity contribution in [2.45, 2.75) is 31.0 Å². The number of aliphatic hydroxyl groups excluding tert-OH is 2. The van der Waals surface area contributed by atoms with Crippen LogP contribution in [-0.2, 0) is 11.3 Å². The van der Waals surface area contributed by atoms with Gasteiger partial charge in [-0.3, -0.25) is 0 Å². The summed E-state index contributed by atoms with van der Waals surface area (Å²) in [5.74, 6) is 0.688. The third-order valence-corrected chi connectivity index (χ3v) is 4.79. The highest BCUT2D eigenvalue weighted by atomic mass is 19.1. The lowest BCUT2D eigenvalue weighted by molar-refractivity contribution is -0.0225. The summed E-state index contributed by atoms with van der Waals surface area (Å²) in [6.45, 7) is 0.193. The van der Waals surface area contributed by atoms with Gasteiger partial charge < -0.3 is 20.3 Å². The van der Waals surface area contributed by atoms with E-state index >= 15 is 0 Å². The lowest BCUT2D eigenvalue weighted by Gasteiger charge is -2.15. The zero-order valence-corrected chi connectivity index (χ0v) is 14.5. The van der Waals surface area contributed by atoms with Gasteiger partial charge >= 0.3 is 0 Å². The number of rotatable bonds is 5. The fraction of sp³-hybridized carbons (Fsp3) is 0.300. The summed E-state index contributed by atoms with van der Waals surface area (Å²) < 4.78 is 19.8. The standard InChI is InChI=1S/C20H20FN3O3/c21-17-18(26)16(10-25)27-19(17)13-6-7-14-15(8-13)23-11-24-20(14)22-9-12-4-2-1-3-5-12/h1-8,11,16-19,25-26H,9-10H2,(H,22,23,24)/t16-,17+,18-,19+/m1/s1. The number of benzene rings is 2. The molecule has 0 saturated carbocycles. The Hall–Kier alpha value is -2.61. The van der Waals surface area contributed by atoms with Gasteiger partial charge in [0.2, 0.25) is 0 Å². The van der Waals surface area contributed by atoms with Crippen LogP contribution < -0.4 is 5.32 Å². The molecule has 2 heterocycles. The lowest BCUT2D eigenvalue weighted by Crippen LogP contribution is -2.30. The summed E-state index contributed by atoms with van der Waals surface area (Å²) in [6, 6.07) is 15.2. The maximum absolute atomic E-state index is 14.4. The molecule has 0 spiro atoms. The molecule has 2 aromatic carbocycles. The fourth-order valence-corrected chi connectivity index (χ4v) is 3.32. The van der Waals surface area contributed by atoms with E-state index in [0.717, 1.165) is 10.9 Å². The first-order valence-corrected chi connectivity index (χ1v) is 8.78. The minimum absolute atomic E-state index is 0.429. The van der Waals surface area contributed by atoms with Crippen LogP contribution in [0.3, 0.4) is 0 Å². The first kappa shape index (κ1) is 17.8. The zero-order chi connectivity index (χ0) is 18.8. The summed E-state index contributed by atoms with van der Waals surface area (Å²) in [7, 11) is 0. The molecule has 0 bridgehead atoms. The molecule has 4 atom stereocenters. The molecular formula is C20H20FN3O3. The van der Waals surface area contributed by atoms with Crippen molar-refractivity contribution < 1.29 is 19.3 Å². The van der Waals surface area contributed by atoms with Crippen LogP contribution in [0.15, 0.2) is 54.9 Å².